The SMILES string of the molecule is CC(C)N1CC2C(COc3ccc(-c4ccc(C(F)(F)F)cn4)cc3)C2C1. The summed E-state index contributed by atoms with van der Waals surface area (Å²) < 4.78 is 43.8. The van der Waals surface area contributed by atoms with Gasteiger partial charge in [0.05, 0.1) is 17.9 Å². The molecular formula is C21H23F3N2O. The number of nitrogens with zero attached hydrogens (tertiary/aromatic N) is 2. The summed E-state index contributed by atoms with van der Waals surface area (Å²) in [6.45, 7) is 7.57. The number of ether oxygens (including phenoxy) is 1. The van der Waals surface area contributed by atoms with Gasteiger partial charge in [-0.3, -0.25) is 4.98 Å². The predicted molar refractivity (Wildman–Crippen MR) is 97.3 cm³/mol. The molecule has 0 bridgehead atoms. The van der Waals surface area contributed by atoms with Crippen LogP contribution in [0.2, 0.25) is 0 Å². The summed E-state index contributed by atoms with van der Waals surface area (Å²) in [5.74, 6) is 2.97. The van der Waals surface area contributed by atoms with E-state index in [9.17, 15) is 13.2 Å². The van der Waals surface area contributed by atoms with Gasteiger partial charge in [-0.1, -0.05) is 0 Å². The lowest BCUT2D eigenvalue weighted by Gasteiger charge is -2.23. The molecule has 0 radical (unpaired) electrons. The van der Waals surface area contributed by atoms with Gasteiger partial charge in [0.25, 0.3) is 0 Å². The van der Waals surface area contributed by atoms with Gasteiger partial charge < -0.3 is 9.64 Å². The maximum absolute atomic E-state index is 12.6. The van der Waals surface area contributed by atoms with Crippen LogP contribution < -0.4 is 4.74 Å². The first kappa shape index (κ1) is 18.3. The molecule has 0 spiro atoms. The van der Waals surface area contributed by atoms with Gasteiger partial charge in [0.15, 0.2) is 0 Å². The predicted octanol–water partition coefficient (Wildman–Crippen LogP) is 4.73. The van der Waals surface area contributed by atoms with Crippen molar-refractivity contribution in [2.45, 2.75) is 26.1 Å². The summed E-state index contributed by atoms with van der Waals surface area (Å²) in [5, 5.41) is 0. The number of likely N-dealkylation sites (tertiary alicyclic amines) is 1. The highest BCUT2D eigenvalue weighted by atomic mass is 19.4. The van der Waals surface area contributed by atoms with Gasteiger partial charge in [-0.15, -0.1) is 0 Å². The molecule has 2 aliphatic rings. The fourth-order valence-corrected chi connectivity index (χ4v) is 4.00. The van der Waals surface area contributed by atoms with Crippen LogP contribution in [0.4, 0.5) is 13.2 Å². The lowest BCUT2D eigenvalue weighted by atomic mass is 10.1. The standard InChI is InChI=1S/C21H23F3N2O/c1-13(2)26-10-17-18(11-26)19(17)12-27-16-6-3-14(4-7-16)20-8-5-15(9-25-20)21(22,23)24/h3-9,13,17-19H,10-12H2,1-2H3. The van der Waals surface area contributed by atoms with Crippen molar-refractivity contribution in [2.24, 2.45) is 17.8 Å². The Morgan fingerprint density at radius 2 is 1.74 bits per heavy atom. The molecule has 3 nitrogen and oxygen atoms in total. The number of pyridine rings is 1. The molecule has 1 aromatic heterocycles. The van der Waals surface area contributed by atoms with E-state index < -0.39 is 11.7 Å². The highest BCUT2D eigenvalue weighted by molar-refractivity contribution is 5.60. The molecule has 1 aromatic carbocycles. The third-order valence-electron chi connectivity index (χ3n) is 5.81. The zero-order valence-corrected chi connectivity index (χ0v) is 15.4. The lowest BCUT2D eigenvalue weighted by Crippen LogP contribution is -2.31. The minimum Gasteiger partial charge on any atom is -0.493 e. The molecule has 0 N–H and O–H groups in total. The van der Waals surface area contributed by atoms with E-state index in [1.807, 2.05) is 24.3 Å². The number of rotatable bonds is 5. The summed E-state index contributed by atoms with van der Waals surface area (Å²) in [6.07, 6.45) is -3.50. The smallest absolute Gasteiger partial charge is 0.417 e. The Hall–Kier alpha value is -2.08. The van der Waals surface area contributed by atoms with Gasteiger partial charge >= 0.3 is 6.18 Å². The maximum Gasteiger partial charge on any atom is 0.417 e. The van der Waals surface area contributed by atoms with E-state index in [-0.39, 0.29) is 0 Å². The Bertz CT molecular complexity index is 775. The Balaban J connectivity index is 1.31. The Labute approximate surface area is 157 Å². The molecule has 2 fully saturated rings. The van der Waals surface area contributed by atoms with Crippen molar-refractivity contribution in [3.05, 3.63) is 48.2 Å². The normalized spacial score (nSPS) is 24.9. The van der Waals surface area contributed by atoms with Crippen LogP contribution in [0.1, 0.15) is 19.4 Å². The van der Waals surface area contributed by atoms with Gasteiger partial charge in [-0.25, -0.2) is 0 Å². The highest BCUT2D eigenvalue weighted by Gasteiger charge is 2.56. The lowest BCUT2D eigenvalue weighted by molar-refractivity contribution is -0.137. The summed E-state index contributed by atoms with van der Waals surface area (Å²) in [5.41, 5.74) is 0.546. The minimum absolute atomic E-state index is 0.514. The van der Waals surface area contributed by atoms with Gasteiger partial charge in [-0.05, 0) is 62.1 Å². The van der Waals surface area contributed by atoms with Crippen molar-refractivity contribution in [2.75, 3.05) is 19.7 Å². The van der Waals surface area contributed by atoms with Crippen molar-refractivity contribution in [3.63, 3.8) is 0 Å². The second-order valence-electron chi connectivity index (χ2n) is 7.80. The first-order valence-electron chi connectivity index (χ1n) is 9.33. The molecule has 1 aliphatic heterocycles. The molecule has 2 heterocycles. The number of piperidine rings is 1. The monoisotopic (exact) mass is 376 g/mol. The third-order valence-corrected chi connectivity index (χ3v) is 5.81. The average molecular weight is 376 g/mol. The fraction of sp³-hybridized carbons (Fsp3) is 0.476. The zero-order chi connectivity index (χ0) is 19.2. The van der Waals surface area contributed by atoms with Crippen molar-refractivity contribution >= 4 is 0 Å². The van der Waals surface area contributed by atoms with Crippen molar-refractivity contribution < 1.29 is 17.9 Å². The van der Waals surface area contributed by atoms with Crippen LogP contribution in [0, 0.1) is 17.8 Å². The van der Waals surface area contributed by atoms with E-state index in [0.717, 1.165) is 42.0 Å². The maximum atomic E-state index is 12.6. The molecule has 144 valence electrons. The number of benzene rings is 1. The number of alkyl halides is 3. The highest BCUT2D eigenvalue weighted by Crippen LogP contribution is 2.52. The van der Waals surface area contributed by atoms with Crippen LogP contribution in [-0.4, -0.2) is 35.6 Å². The molecule has 2 atom stereocenters. The molecule has 2 unspecified atom stereocenters. The van der Waals surface area contributed by atoms with E-state index in [4.69, 9.17) is 4.74 Å². The van der Waals surface area contributed by atoms with E-state index >= 15 is 0 Å². The van der Waals surface area contributed by atoms with E-state index in [2.05, 4.69) is 23.7 Å². The van der Waals surface area contributed by atoms with Crippen LogP contribution in [0.15, 0.2) is 42.6 Å². The molecule has 6 heteroatoms. The van der Waals surface area contributed by atoms with Crippen molar-refractivity contribution in [1.82, 2.24) is 9.88 Å². The number of hydrogen-bond acceptors (Lipinski definition) is 3. The molecule has 1 saturated carbocycles. The van der Waals surface area contributed by atoms with Crippen LogP contribution in [0.3, 0.4) is 0 Å². The molecular weight excluding hydrogens is 353 g/mol. The Morgan fingerprint density at radius 1 is 1.07 bits per heavy atom. The number of fused-ring (bicyclic) bond motifs is 1. The molecule has 1 aliphatic carbocycles. The summed E-state index contributed by atoms with van der Waals surface area (Å²) in [7, 11) is 0. The van der Waals surface area contributed by atoms with Crippen molar-refractivity contribution in [1.29, 1.82) is 0 Å². The summed E-state index contributed by atoms with van der Waals surface area (Å²) >= 11 is 0. The fourth-order valence-electron chi connectivity index (χ4n) is 4.00. The van der Waals surface area contributed by atoms with Gasteiger partial charge in [0.2, 0.25) is 0 Å². The second-order valence-corrected chi connectivity index (χ2v) is 7.80. The summed E-state index contributed by atoms with van der Waals surface area (Å²) in [4.78, 5) is 6.45. The molecule has 2 aromatic rings. The van der Waals surface area contributed by atoms with Crippen LogP contribution in [-0.2, 0) is 6.18 Å². The van der Waals surface area contributed by atoms with Crippen LogP contribution >= 0.6 is 0 Å². The van der Waals surface area contributed by atoms with Gasteiger partial charge in [0, 0.05) is 36.8 Å². The first-order chi connectivity index (χ1) is 12.8. The average Bonchev–Trinajstić information content (AvgIpc) is 3.08. The van der Waals surface area contributed by atoms with Crippen molar-refractivity contribution in [3.8, 4) is 17.0 Å². The molecule has 1 saturated heterocycles. The zero-order valence-electron chi connectivity index (χ0n) is 15.4. The van der Waals surface area contributed by atoms with Gasteiger partial charge in [-0.2, -0.15) is 13.2 Å². The van der Waals surface area contributed by atoms with Crippen LogP contribution in [0.5, 0.6) is 5.75 Å². The van der Waals surface area contributed by atoms with Crippen LogP contribution in [0.25, 0.3) is 11.3 Å². The minimum atomic E-state index is -4.36. The summed E-state index contributed by atoms with van der Waals surface area (Å²) in [6, 6.07) is 10.4. The number of halogens is 3. The Morgan fingerprint density at radius 3 is 2.26 bits per heavy atom. The number of hydrogen-bond donors (Lipinski definition) is 0. The number of aromatic nitrogens is 1. The largest absolute Gasteiger partial charge is 0.493 e. The quantitative estimate of drug-likeness (QED) is 0.754. The molecule has 27 heavy (non-hydrogen) atoms. The Kier molecular flexibility index (Phi) is 4.62. The first-order valence-corrected chi connectivity index (χ1v) is 9.33. The van der Waals surface area contributed by atoms with E-state index in [1.165, 1.54) is 19.2 Å². The third kappa shape index (κ3) is 3.81. The molecule has 0 amide bonds. The van der Waals surface area contributed by atoms with Gasteiger partial charge in [0.1, 0.15) is 5.75 Å². The van der Waals surface area contributed by atoms with E-state index in [1.54, 1.807) is 0 Å². The van der Waals surface area contributed by atoms with E-state index in [0.29, 0.717) is 17.7 Å². The second kappa shape index (κ2) is 6.82. The molecule has 4 rings (SSSR count). The topological polar surface area (TPSA) is 25.4 Å².